The number of nitrogens with zero attached hydrogens (tertiary/aromatic N) is 1. The van der Waals surface area contributed by atoms with Gasteiger partial charge in [-0.3, -0.25) is 0 Å². The number of rotatable bonds is 6. The normalized spacial score (nSPS) is 16.7. The molecule has 1 aliphatic heterocycles. The Balaban J connectivity index is 1.93. The molecule has 2 rings (SSSR count). The number of halogens is 1. The molecular weight excluding hydrogens is 267 g/mol. The lowest BCUT2D eigenvalue weighted by Gasteiger charge is -2.32. The van der Waals surface area contributed by atoms with Crippen LogP contribution in [-0.4, -0.2) is 30.8 Å². The summed E-state index contributed by atoms with van der Waals surface area (Å²) in [5.74, 6) is 0.526. The van der Waals surface area contributed by atoms with Crippen LogP contribution in [0.15, 0.2) is 18.2 Å². The van der Waals surface area contributed by atoms with E-state index in [-0.39, 0.29) is 11.9 Å². The molecule has 2 N–H and O–H groups in total. The highest BCUT2D eigenvalue weighted by atomic mass is 19.1. The van der Waals surface area contributed by atoms with Crippen molar-refractivity contribution in [3.63, 3.8) is 0 Å². The zero-order chi connectivity index (χ0) is 15.2. The van der Waals surface area contributed by atoms with Gasteiger partial charge in [0.25, 0.3) is 0 Å². The van der Waals surface area contributed by atoms with Crippen molar-refractivity contribution in [3.8, 4) is 0 Å². The summed E-state index contributed by atoms with van der Waals surface area (Å²) >= 11 is 0. The molecule has 0 saturated carbocycles. The maximum absolute atomic E-state index is 14.0. The molecule has 0 amide bonds. The van der Waals surface area contributed by atoms with Crippen molar-refractivity contribution < 1.29 is 9.50 Å². The van der Waals surface area contributed by atoms with E-state index in [9.17, 15) is 9.50 Å². The maximum Gasteiger partial charge on any atom is 0.146 e. The van der Waals surface area contributed by atoms with E-state index in [0.717, 1.165) is 51.0 Å². The first-order chi connectivity index (χ1) is 10.1. The van der Waals surface area contributed by atoms with Crippen LogP contribution in [0.4, 0.5) is 10.1 Å². The highest BCUT2D eigenvalue weighted by Gasteiger charge is 2.19. The fraction of sp³-hybridized carbons (Fsp3) is 0.647. The van der Waals surface area contributed by atoms with E-state index in [0.29, 0.717) is 11.6 Å². The van der Waals surface area contributed by atoms with Gasteiger partial charge in [-0.2, -0.15) is 0 Å². The Morgan fingerprint density at radius 1 is 1.33 bits per heavy atom. The van der Waals surface area contributed by atoms with Crippen molar-refractivity contribution in [1.82, 2.24) is 5.32 Å². The van der Waals surface area contributed by atoms with Crippen molar-refractivity contribution >= 4 is 5.69 Å². The quantitative estimate of drug-likeness (QED) is 0.792. The van der Waals surface area contributed by atoms with Crippen LogP contribution >= 0.6 is 0 Å². The molecule has 1 heterocycles. The molecule has 0 bridgehead atoms. The van der Waals surface area contributed by atoms with Crippen LogP contribution in [0.25, 0.3) is 0 Å². The summed E-state index contributed by atoms with van der Waals surface area (Å²) in [4.78, 5) is 2.04. The van der Waals surface area contributed by atoms with E-state index < -0.39 is 0 Å². The van der Waals surface area contributed by atoms with E-state index in [1.807, 2.05) is 17.0 Å². The van der Waals surface area contributed by atoms with Gasteiger partial charge in [-0.05, 0) is 49.4 Å². The van der Waals surface area contributed by atoms with Crippen molar-refractivity contribution in [1.29, 1.82) is 0 Å². The first-order valence-electron chi connectivity index (χ1n) is 7.98. The topological polar surface area (TPSA) is 35.5 Å². The Morgan fingerprint density at radius 3 is 2.71 bits per heavy atom. The molecule has 21 heavy (non-hydrogen) atoms. The predicted octanol–water partition coefficient (Wildman–Crippen LogP) is 2.92. The molecule has 1 aliphatic rings. The maximum atomic E-state index is 14.0. The SMILES string of the molecule is CC(C)CCNCc1ccc(F)c(N2CCC(O)CC2)c1. The van der Waals surface area contributed by atoms with Crippen LogP contribution in [0.3, 0.4) is 0 Å². The van der Waals surface area contributed by atoms with Gasteiger partial charge in [0.1, 0.15) is 5.82 Å². The summed E-state index contributed by atoms with van der Waals surface area (Å²) in [6.07, 6.45) is 2.36. The summed E-state index contributed by atoms with van der Waals surface area (Å²) in [5, 5.41) is 13.0. The van der Waals surface area contributed by atoms with Crippen LogP contribution in [0, 0.1) is 11.7 Å². The van der Waals surface area contributed by atoms with Crippen molar-refractivity contribution in [2.75, 3.05) is 24.5 Å². The Hall–Kier alpha value is -1.13. The summed E-state index contributed by atoms with van der Waals surface area (Å²) in [6.45, 7) is 7.63. The Labute approximate surface area is 127 Å². The van der Waals surface area contributed by atoms with Crippen LogP contribution in [0.2, 0.25) is 0 Å². The third kappa shape index (κ3) is 4.97. The van der Waals surface area contributed by atoms with Crippen LogP contribution in [0.5, 0.6) is 0 Å². The predicted molar refractivity (Wildman–Crippen MR) is 85.0 cm³/mol. The molecule has 0 atom stereocenters. The number of nitrogens with one attached hydrogen (secondary N) is 1. The second kappa shape index (κ2) is 7.76. The minimum Gasteiger partial charge on any atom is -0.393 e. The zero-order valence-electron chi connectivity index (χ0n) is 13.1. The second-order valence-electron chi connectivity index (χ2n) is 6.36. The van der Waals surface area contributed by atoms with Gasteiger partial charge in [-0.15, -0.1) is 0 Å². The minimum atomic E-state index is -0.231. The van der Waals surface area contributed by atoms with E-state index in [1.54, 1.807) is 6.07 Å². The van der Waals surface area contributed by atoms with Gasteiger partial charge in [0, 0.05) is 19.6 Å². The largest absolute Gasteiger partial charge is 0.393 e. The molecule has 118 valence electrons. The zero-order valence-corrected chi connectivity index (χ0v) is 13.1. The lowest BCUT2D eigenvalue weighted by Crippen LogP contribution is -2.36. The third-order valence-electron chi connectivity index (χ3n) is 4.04. The van der Waals surface area contributed by atoms with E-state index >= 15 is 0 Å². The van der Waals surface area contributed by atoms with Gasteiger partial charge in [-0.1, -0.05) is 19.9 Å². The Kier molecular flexibility index (Phi) is 6.00. The third-order valence-corrected chi connectivity index (χ3v) is 4.04. The summed E-state index contributed by atoms with van der Waals surface area (Å²) in [7, 11) is 0. The smallest absolute Gasteiger partial charge is 0.146 e. The Morgan fingerprint density at radius 2 is 2.05 bits per heavy atom. The number of aliphatic hydroxyl groups excluding tert-OH is 1. The number of benzene rings is 1. The molecule has 1 saturated heterocycles. The summed E-state index contributed by atoms with van der Waals surface area (Å²) < 4.78 is 14.0. The van der Waals surface area contributed by atoms with Gasteiger partial charge >= 0.3 is 0 Å². The summed E-state index contributed by atoms with van der Waals surface area (Å²) in [5.41, 5.74) is 1.78. The highest BCUT2D eigenvalue weighted by molar-refractivity contribution is 5.50. The van der Waals surface area contributed by atoms with Crippen LogP contribution in [0.1, 0.15) is 38.7 Å². The first kappa shape index (κ1) is 16.2. The number of hydrogen-bond acceptors (Lipinski definition) is 3. The van der Waals surface area contributed by atoms with Crippen LogP contribution < -0.4 is 10.2 Å². The van der Waals surface area contributed by atoms with Crippen molar-refractivity contribution in [3.05, 3.63) is 29.6 Å². The van der Waals surface area contributed by atoms with Gasteiger partial charge in [0.2, 0.25) is 0 Å². The van der Waals surface area contributed by atoms with Gasteiger partial charge in [0.05, 0.1) is 11.8 Å². The number of piperidine rings is 1. The molecule has 1 aromatic rings. The lowest BCUT2D eigenvalue weighted by atomic mass is 10.1. The molecule has 0 unspecified atom stereocenters. The monoisotopic (exact) mass is 294 g/mol. The van der Waals surface area contributed by atoms with Crippen molar-refractivity contribution in [2.24, 2.45) is 5.92 Å². The van der Waals surface area contributed by atoms with E-state index in [1.165, 1.54) is 0 Å². The minimum absolute atomic E-state index is 0.169. The second-order valence-corrected chi connectivity index (χ2v) is 6.36. The molecule has 0 aliphatic carbocycles. The molecule has 3 nitrogen and oxygen atoms in total. The average Bonchev–Trinajstić information content (AvgIpc) is 2.46. The molecule has 4 heteroatoms. The Bertz CT molecular complexity index is 442. The van der Waals surface area contributed by atoms with Crippen molar-refractivity contribution in [2.45, 2.75) is 45.8 Å². The number of aliphatic hydroxyl groups is 1. The number of hydrogen-bond donors (Lipinski definition) is 2. The van der Waals surface area contributed by atoms with Gasteiger partial charge in [0.15, 0.2) is 0 Å². The van der Waals surface area contributed by atoms with Crippen LogP contribution in [-0.2, 0) is 6.54 Å². The standard InChI is InChI=1S/C17H27FN2O/c1-13(2)5-8-19-12-14-3-4-16(18)17(11-14)20-9-6-15(21)7-10-20/h3-4,11,13,15,19,21H,5-10,12H2,1-2H3. The molecular formula is C17H27FN2O. The van der Waals surface area contributed by atoms with E-state index in [2.05, 4.69) is 19.2 Å². The highest BCUT2D eigenvalue weighted by Crippen LogP contribution is 2.24. The lowest BCUT2D eigenvalue weighted by molar-refractivity contribution is 0.145. The first-order valence-corrected chi connectivity index (χ1v) is 7.98. The fourth-order valence-electron chi connectivity index (χ4n) is 2.64. The summed E-state index contributed by atoms with van der Waals surface area (Å²) in [6, 6.07) is 5.34. The van der Waals surface area contributed by atoms with Gasteiger partial charge < -0.3 is 15.3 Å². The fourth-order valence-corrected chi connectivity index (χ4v) is 2.64. The molecule has 1 aromatic carbocycles. The molecule has 1 fully saturated rings. The van der Waals surface area contributed by atoms with E-state index in [4.69, 9.17) is 0 Å². The number of anilines is 1. The van der Waals surface area contributed by atoms with Gasteiger partial charge in [-0.25, -0.2) is 4.39 Å². The molecule has 0 spiro atoms. The average molecular weight is 294 g/mol. The molecule has 0 aromatic heterocycles. The molecule has 0 radical (unpaired) electrons.